The van der Waals surface area contributed by atoms with Crippen molar-refractivity contribution in [2.45, 2.75) is 32.7 Å². The van der Waals surface area contributed by atoms with Crippen molar-refractivity contribution in [3.05, 3.63) is 24.3 Å². The lowest BCUT2D eigenvalue weighted by molar-refractivity contribution is 0.469. The molecule has 1 heterocycles. The van der Waals surface area contributed by atoms with Crippen molar-refractivity contribution < 1.29 is 4.39 Å². The van der Waals surface area contributed by atoms with Gasteiger partial charge in [-0.2, -0.15) is 4.39 Å². The largest absolute Gasteiger partial charge is 0.369 e. The Morgan fingerprint density at radius 1 is 1.50 bits per heavy atom. The Labute approximate surface area is 84.8 Å². The molecular weight excluding hydrogens is 179 g/mol. The average Bonchev–Trinajstić information content (AvgIpc) is 2.16. The Kier molecular flexibility index (Phi) is 3.09. The minimum Gasteiger partial charge on any atom is -0.369 e. The first kappa shape index (κ1) is 11.0. The molecule has 3 heteroatoms. The number of aromatic nitrogens is 1. The topological polar surface area (TPSA) is 16.1 Å². The van der Waals surface area contributed by atoms with Gasteiger partial charge >= 0.3 is 0 Å². The van der Waals surface area contributed by atoms with Crippen LogP contribution in [-0.2, 0) is 0 Å². The summed E-state index contributed by atoms with van der Waals surface area (Å²) in [5.41, 5.74) is 0.901. The Morgan fingerprint density at radius 3 is 2.64 bits per heavy atom. The molecule has 0 unspecified atom stereocenters. The van der Waals surface area contributed by atoms with E-state index in [1.54, 1.807) is 0 Å². The quantitative estimate of drug-likeness (QED) is 0.691. The normalized spacial score (nSPS) is 11.5. The van der Waals surface area contributed by atoms with Gasteiger partial charge < -0.3 is 4.90 Å². The van der Waals surface area contributed by atoms with Gasteiger partial charge in [0.25, 0.3) is 0 Å². The van der Waals surface area contributed by atoms with Crippen molar-refractivity contribution in [1.82, 2.24) is 4.98 Å². The third kappa shape index (κ3) is 2.22. The summed E-state index contributed by atoms with van der Waals surface area (Å²) < 4.78 is 12.9. The van der Waals surface area contributed by atoms with Crippen molar-refractivity contribution in [3.63, 3.8) is 0 Å². The molecule has 78 valence electrons. The van der Waals surface area contributed by atoms with Crippen molar-refractivity contribution in [1.29, 1.82) is 0 Å². The molecule has 0 bridgehead atoms. The van der Waals surface area contributed by atoms with Gasteiger partial charge in [-0.25, -0.2) is 4.98 Å². The van der Waals surface area contributed by atoms with Gasteiger partial charge in [-0.1, -0.05) is 6.92 Å². The van der Waals surface area contributed by atoms with Crippen molar-refractivity contribution >= 4 is 5.69 Å². The predicted octanol–water partition coefficient (Wildman–Crippen LogP) is 2.85. The molecule has 1 rings (SSSR count). The van der Waals surface area contributed by atoms with Crippen LogP contribution >= 0.6 is 0 Å². The Bertz CT molecular complexity index is 310. The molecule has 1 aromatic rings. The highest BCUT2D eigenvalue weighted by atomic mass is 19.1. The third-order valence-corrected chi connectivity index (χ3v) is 2.87. The molecule has 0 aliphatic heterocycles. The molecule has 0 spiro atoms. The highest BCUT2D eigenvalue weighted by Gasteiger charge is 2.21. The van der Waals surface area contributed by atoms with E-state index in [0.717, 1.165) is 12.1 Å². The molecule has 0 saturated carbocycles. The molecule has 0 radical (unpaired) electrons. The first-order chi connectivity index (χ1) is 6.47. The monoisotopic (exact) mass is 196 g/mol. The Hall–Kier alpha value is -1.12. The summed E-state index contributed by atoms with van der Waals surface area (Å²) in [6, 6.07) is 3.28. The van der Waals surface area contributed by atoms with E-state index >= 15 is 0 Å². The number of pyridine rings is 1. The van der Waals surface area contributed by atoms with Gasteiger partial charge in [0, 0.05) is 30.5 Å². The molecule has 0 saturated heterocycles. The van der Waals surface area contributed by atoms with Crippen molar-refractivity contribution in [3.8, 4) is 0 Å². The molecular formula is C11H17FN2. The minimum absolute atomic E-state index is 0.0355. The lowest BCUT2D eigenvalue weighted by Gasteiger charge is -2.36. The highest BCUT2D eigenvalue weighted by Crippen LogP contribution is 2.24. The van der Waals surface area contributed by atoms with Crippen LogP contribution in [0.2, 0.25) is 0 Å². The first-order valence-corrected chi connectivity index (χ1v) is 4.83. The smallest absolute Gasteiger partial charge is 0.214 e. The number of halogens is 1. The highest BCUT2D eigenvalue weighted by molar-refractivity contribution is 5.46. The summed E-state index contributed by atoms with van der Waals surface area (Å²) in [5, 5.41) is 0. The van der Waals surface area contributed by atoms with Crippen LogP contribution < -0.4 is 4.90 Å². The van der Waals surface area contributed by atoms with E-state index < -0.39 is 5.95 Å². The number of nitrogens with zero attached hydrogens (tertiary/aromatic N) is 2. The van der Waals surface area contributed by atoms with E-state index in [1.165, 1.54) is 12.3 Å². The van der Waals surface area contributed by atoms with Crippen LogP contribution in [-0.4, -0.2) is 17.6 Å². The van der Waals surface area contributed by atoms with E-state index in [2.05, 4.69) is 30.7 Å². The zero-order valence-corrected chi connectivity index (χ0v) is 9.21. The van der Waals surface area contributed by atoms with Crippen LogP contribution in [0.3, 0.4) is 0 Å². The van der Waals surface area contributed by atoms with Crippen molar-refractivity contribution in [2.24, 2.45) is 0 Å². The lowest BCUT2D eigenvalue weighted by Crippen LogP contribution is -2.40. The molecule has 14 heavy (non-hydrogen) atoms. The molecule has 2 nitrogen and oxygen atoms in total. The van der Waals surface area contributed by atoms with E-state index in [9.17, 15) is 4.39 Å². The van der Waals surface area contributed by atoms with Crippen LogP contribution in [0, 0.1) is 5.95 Å². The zero-order chi connectivity index (χ0) is 10.8. The molecule has 0 atom stereocenters. The summed E-state index contributed by atoms with van der Waals surface area (Å²) in [5.74, 6) is -0.429. The first-order valence-electron chi connectivity index (χ1n) is 4.83. The number of anilines is 1. The molecule has 0 amide bonds. The fourth-order valence-corrected chi connectivity index (χ4v) is 1.19. The average molecular weight is 196 g/mol. The van der Waals surface area contributed by atoms with Crippen LogP contribution in [0.4, 0.5) is 10.1 Å². The van der Waals surface area contributed by atoms with Gasteiger partial charge in [-0.15, -0.1) is 0 Å². The van der Waals surface area contributed by atoms with E-state index in [-0.39, 0.29) is 5.54 Å². The second-order valence-electron chi connectivity index (χ2n) is 4.06. The summed E-state index contributed by atoms with van der Waals surface area (Å²) in [7, 11) is 1.97. The van der Waals surface area contributed by atoms with Gasteiger partial charge in [0.15, 0.2) is 0 Å². The summed E-state index contributed by atoms with van der Waals surface area (Å²) in [6.45, 7) is 6.38. The number of hydrogen-bond donors (Lipinski definition) is 0. The van der Waals surface area contributed by atoms with E-state index in [0.29, 0.717) is 0 Å². The molecule has 0 aliphatic carbocycles. The summed E-state index contributed by atoms with van der Waals surface area (Å²) in [4.78, 5) is 5.60. The second kappa shape index (κ2) is 3.95. The fraction of sp³-hybridized carbons (Fsp3) is 0.545. The Morgan fingerprint density at radius 2 is 2.14 bits per heavy atom. The third-order valence-electron chi connectivity index (χ3n) is 2.87. The van der Waals surface area contributed by atoms with Crippen LogP contribution in [0.15, 0.2) is 18.3 Å². The number of hydrogen-bond acceptors (Lipinski definition) is 2. The molecule has 0 N–H and O–H groups in total. The van der Waals surface area contributed by atoms with Crippen molar-refractivity contribution in [2.75, 3.05) is 11.9 Å². The van der Waals surface area contributed by atoms with Gasteiger partial charge in [0.1, 0.15) is 0 Å². The Balaban J connectivity index is 2.94. The van der Waals surface area contributed by atoms with E-state index in [1.807, 2.05) is 13.1 Å². The second-order valence-corrected chi connectivity index (χ2v) is 4.06. The molecule has 0 aliphatic rings. The van der Waals surface area contributed by atoms with Gasteiger partial charge in [0.05, 0.1) is 0 Å². The van der Waals surface area contributed by atoms with Crippen LogP contribution in [0.5, 0.6) is 0 Å². The van der Waals surface area contributed by atoms with Crippen LogP contribution in [0.1, 0.15) is 27.2 Å². The number of rotatable bonds is 3. The zero-order valence-electron chi connectivity index (χ0n) is 9.21. The predicted molar refractivity (Wildman–Crippen MR) is 57.0 cm³/mol. The standard InChI is InChI=1S/C11H17FN2/c1-5-11(2,3)14(4)9-6-7-13-10(12)8-9/h6-8H,5H2,1-4H3. The summed E-state index contributed by atoms with van der Waals surface area (Å²) >= 11 is 0. The maximum absolute atomic E-state index is 12.9. The van der Waals surface area contributed by atoms with E-state index in [4.69, 9.17) is 0 Å². The maximum atomic E-state index is 12.9. The maximum Gasteiger partial charge on any atom is 0.214 e. The molecule has 0 fully saturated rings. The molecule has 1 aromatic heterocycles. The van der Waals surface area contributed by atoms with Gasteiger partial charge in [-0.3, -0.25) is 0 Å². The van der Waals surface area contributed by atoms with Gasteiger partial charge in [-0.05, 0) is 26.3 Å². The van der Waals surface area contributed by atoms with Crippen LogP contribution in [0.25, 0.3) is 0 Å². The van der Waals surface area contributed by atoms with Gasteiger partial charge in [0.2, 0.25) is 5.95 Å². The fourth-order valence-electron chi connectivity index (χ4n) is 1.19. The lowest BCUT2D eigenvalue weighted by atomic mass is 9.99. The summed E-state index contributed by atoms with van der Waals surface area (Å²) in [6.07, 6.45) is 2.50. The molecule has 0 aromatic carbocycles. The minimum atomic E-state index is -0.429. The SMILES string of the molecule is CCC(C)(C)N(C)c1ccnc(F)c1.